The highest BCUT2D eigenvalue weighted by atomic mass is 16.5. The van der Waals surface area contributed by atoms with Crippen LogP contribution in [0.2, 0.25) is 0 Å². The van der Waals surface area contributed by atoms with E-state index in [4.69, 9.17) is 4.74 Å². The van der Waals surface area contributed by atoms with Gasteiger partial charge < -0.3 is 14.7 Å². The summed E-state index contributed by atoms with van der Waals surface area (Å²) < 4.78 is 5.97. The molecule has 0 bridgehead atoms. The lowest BCUT2D eigenvalue weighted by Gasteiger charge is -2.36. The first-order chi connectivity index (χ1) is 17.3. The molecule has 6 heteroatoms. The van der Waals surface area contributed by atoms with Crippen LogP contribution >= 0.6 is 0 Å². The average Bonchev–Trinajstić information content (AvgIpc) is 2.85. The number of rotatable bonds is 7. The van der Waals surface area contributed by atoms with E-state index in [1.54, 1.807) is 0 Å². The molecule has 3 aromatic rings. The summed E-state index contributed by atoms with van der Waals surface area (Å²) in [4.78, 5) is 30.1. The summed E-state index contributed by atoms with van der Waals surface area (Å²) >= 11 is 0. The lowest BCUT2D eigenvalue weighted by atomic mass is 9.91. The number of benzene rings is 3. The summed E-state index contributed by atoms with van der Waals surface area (Å²) in [5, 5.41) is 12.3. The number of carbonyl (C=O) groups excluding carboxylic acids is 2. The number of imide groups is 1. The lowest BCUT2D eigenvalue weighted by molar-refractivity contribution is 0.0452. The Morgan fingerprint density at radius 3 is 2.11 bits per heavy atom. The van der Waals surface area contributed by atoms with Crippen LogP contribution in [-0.4, -0.2) is 65.6 Å². The molecule has 2 aliphatic rings. The molecule has 5 rings (SSSR count). The van der Waals surface area contributed by atoms with Gasteiger partial charge in [0.1, 0.15) is 18.5 Å². The summed E-state index contributed by atoms with van der Waals surface area (Å²) in [6, 6.07) is 15.5. The minimum atomic E-state index is -0.580. The molecule has 0 spiro atoms. The van der Waals surface area contributed by atoms with Gasteiger partial charge in [-0.2, -0.15) is 0 Å². The Kier molecular flexibility index (Phi) is 6.82. The Morgan fingerprint density at radius 1 is 0.944 bits per heavy atom. The summed E-state index contributed by atoms with van der Waals surface area (Å²) in [6.45, 7) is 9.03. The molecule has 2 aliphatic heterocycles. The molecule has 36 heavy (non-hydrogen) atoms. The number of nitrogens with zero attached hydrogens (tertiary/aromatic N) is 2. The van der Waals surface area contributed by atoms with E-state index in [0.717, 1.165) is 53.6 Å². The quantitative estimate of drug-likeness (QED) is 0.498. The fraction of sp³-hybridized carbons (Fsp3) is 0.400. The number of hydrogen-bond acceptors (Lipinski definition) is 5. The number of hydrogen-bond donors (Lipinski definition) is 1. The second kappa shape index (κ2) is 10.0. The van der Waals surface area contributed by atoms with E-state index in [2.05, 4.69) is 24.0 Å². The van der Waals surface area contributed by atoms with Crippen molar-refractivity contribution in [2.75, 3.05) is 32.8 Å². The van der Waals surface area contributed by atoms with E-state index >= 15 is 0 Å². The van der Waals surface area contributed by atoms with Crippen LogP contribution in [-0.2, 0) is 0 Å². The molecule has 1 atom stereocenters. The highest BCUT2D eigenvalue weighted by molar-refractivity contribution is 6.25. The van der Waals surface area contributed by atoms with E-state index in [-0.39, 0.29) is 24.3 Å². The first kappa shape index (κ1) is 24.5. The monoisotopic (exact) mass is 486 g/mol. The van der Waals surface area contributed by atoms with Crippen LogP contribution in [0, 0.1) is 26.7 Å². The van der Waals surface area contributed by atoms with Crippen molar-refractivity contribution in [1.82, 2.24) is 9.80 Å². The van der Waals surface area contributed by atoms with Gasteiger partial charge in [-0.25, -0.2) is 0 Å². The van der Waals surface area contributed by atoms with Crippen molar-refractivity contribution >= 4 is 22.6 Å². The summed E-state index contributed by atoms with van der Waals surface area (Å²) in [6.07, 6.45) is 1.18. The minimum Gasteiger partial charge on any atom is -0.490 e. The molecule has 1 saturated heterocycles. The molecule has 0 unspecified atom stereocenters. The second-order valence-electron chi connectivity index (χ2n) is 10.4. The van der Waals surface area contributed by atoms with Gasteiger partial charge in [0.2, 0.25) is 0 Å². The number of likely N-dealkylation sites (tertiary alicyclic amines) is 1. The Balaban J connectivity index is 1.14. The molecule has 6 nitrogen and oxygen atoms in total. The van der Waals surface area contributed by atoms with E-state index in [1.165, 1.54) is 10.5 Å². The molecule has 3 aromatic carbocycles. The molecular weight excluding hydrogens is 452 g/mol. The van der Waals surface area contributed by atoms with E-state index in [9.17, 15) is 14.7 Å². The Bertz CT molecular complexity index is 1240. The topological polar surface area (TPSA) is 70.1 Å². The summed E-state index contributed by atoms with van der Waals surface area (Å²) in [7, 11) is 0. The number of piperidine rings is 1. The zero-order chi connectivity index (χ0) is 25.4. The van der Waals surface area contributed by atoms with E-state index in [0.29, 0.717) is 24.2 Å². The highest BCUT2D eigenvalue weighted by Crippen LogP contribution is 2.31. The number of ether oxygens (including phenoxy) is 1. The standard InChI is InChI=1S/C30H34N2O4/c1-19-14-20(2)28(21(3)15-19)36-18-24(33)17-31-12-10-22(11-13-31)16-32-29(34)25-8-4-6-23-7-5-9-26(27(23)25)30(32)35/h4-9,14-15,22,24,33H,10-13,16-18H2,1-3H3/t24-/m1/s1. The molecule has 2 amide bonds. The average molecular weight is 487 g/mol. The molecular formula is C30H34N2O4. The zero-order valence-corrected chi connectivity index (χ0v) is 21.3. The number of β-amino-alcohol motifs (C(OH)–C–C–N with tert-alkyl or cyclic N) is 1. The van der Waals surface area contributed by atoms with Gasteiger partial charge in [0.25, 0.3) is 11.8 Å². The molecule has 1 fully saturated rings. The maximum Gasteiger partial charge on any atom is 0.261 e. The Labute approximate surface area is 212 Å². The van der Waals surface area contributed by atoms with Crippen LogP contribution in [0.5, 0.6) is 5.75 Å². The number of aliphatic hydroxyl groups is 1. The third kappa shape index (κ3) is 4.75. The van der Waals surface area contributed by atoms with Crippen molar-refractivity contribution in [2.24, 2.45) is 5.92 Å². The molecule has 0 saturated carbocycles. The smallest absolute Gasteiger partial charge is 0.261 e. The van der Waals surface area contributed by atoms with Crippen molar-refractivity contribution in [2.45, 2.75) is 39.7 Å². The van der Waals surface area contributed by atoms with Crippen molar-refractivity contribution < 1.29 is 19.4 Å². The van der Waals surface area contributed by atoms with Crippen molar-refractivity contribution in [1.29, 1.82) is 0 Å². The SMILES string of the molecule is Cc1cc(C)c(OC[C@H](O)CN2CCC(CN3C(=O)c4cccc5cccc(c45)C3=O)CC2)c(C)c1. The van der Waals surface area contributed by atoms with Gasteiger partial charge in [-0.3, -0.25) is 14.5 Å². The highest BCUT2D eigenvalue weighted by Gasteiger charge is 2.35. The Morgan fingerprint density at radius 2 is 1.53 bits per heavy atom. The van der Waals surface area contributed by atoms with Crippen LogP contribution in [0.3, 0.4) is 0 Å². The van der Waals surface area contributed by atoms with Crippen LogP contribution in [0.25, 0.3) is 10.8 Å². The van der Waals surface area contributed by atoms with Crippen LogP contribution in [0.1, 0.15) is 50.2 Å². The fourth-order valence-corrected chi connectivity index (χ4v) is 5.78. The van der Waals surface area contributed by atoms with Gasteiger partial charge in [0, 0.05) is 29.6 Å². The largest absolute Gasteiger partial charge is 0.490 e. The van der Waals surface area contributed by atoms with Gasteiger partial charge >= 0.3 is 0 Å². The third-order valence-electron chi connectivity index (χ3n) is 7.50. The van der Waals surface area contributed by atoms with Gasteiger partial charge in [0.15, 0.2) is 0 Å². The first-order valence-electron chi connectivity index (χ1n) is 12.8. The molecule has 0 radical (unpaired) electrons. The van der Waals surface area contributed by atoms with Gasteiger partial charge in [-0.1, -0.05) is 42.0 Å². The second-order valence-corrected chi connectivity index (χ2v) is 10.4. The fourth-order valence-electron chi connectivity index (χ4n) is 5.78. The number of carbonyl (C=O) groups is 2. The van der Waals surface area contributed by atoms with Crippen LogP contribution in [0.4, 0.5) is 0 Å². The maximum absolute atomic E-state index is 13.2. The first-order valence-corrected chi connectivity index (χ1v) is 12.8. The number of amides is 2. The number of aliphatic hydroxyl groups excluding tert-OH is 1. The van der Waals surface area contributed by atoms with Crippen LogP contribution in [0.15, 0.2) is 48.5 Å². The minimum absolute atomic E-state index is 0.194. The maximum atomic E-state index is 13.2. The van der Waals surface area contributed by atoms with Gasteiger partial charge in [0.05, 0.1) is 0 Å². The van der Waals surface area contributed by atoms with Gasteiger partial charge in [-0.05, 0) is 81.3 Å². The molecule has 0 aromatic heterocycles. The Hall–Kier alpha value is -3.22. The van der Waals surface area contributed by atoms with Crippen molar-refractivity contribution in [3.8, 4) is 5.75 Å². The van der Waals surface area contributed by atoms with Crippen LogP contribution < -0.4 is 4.74 Å². The number of aryl methyl sites for hydroxylation is 3. The normalized spacial score (nSPS) is 17.6. The lowest BCUT2D eigenvalue weighted by Crippen LogP contribution is -2.46. The third-order valence-corrected chi connectivity index (χ3v) is 7.50. The van der Waals surface area contributed by atoms with Gasteiger partial charge in [-0.15, -0.1) is 0 Å². The van der Waals surface area contributed by atoms with E-state index < -0.39 is 6.10 Å². The summed E-state index contributed by atoms with van der Waals surface area (Å²) in [5.74, 6) is 0.721. The molecule has 0 aliphatic carbocycles. The molecule has 1 N–H and O–H groups in total. The van der Waals surface area contributed by atoms with Crippen molar-refractivity contribution in [3.63, 3.8) is 0 Å². The van der Waals surface area contributed by atoms with E-state index in [1.807, 2.05) is 50.2 Å². The molecule has 188 valence electrons. The van der Waals surface area contributed by atoms with Crippen molar-refractivity contribution in [3.05, 3.63) is 76.3 Å². The zero-order valence-electron chi connectivity index (χ0n) is 21.3. The molecule has 2 heterocycles. The summed E-state index contributed by atoms with van der Waals surface area (Å²) in [5.41, 5.74) is 4.60. The predicted molar refractivity (Wildman–Crippen MR) is 141 cm³/mol. The predicted octanol–water partition coefficient (Wildman–Crippen LogP) is 4.51.